The van der Waals surface area contributed by atoms with E-state index in [9.17, 15) is 0 Å². The summed E-state index contributed by atoms with van der Waals surface area (Å²) in [4.78, 5) is 14.5. The highest BCUT2D eigenvalue weighted by Gasteiger charge is 2.24. The molecule has 2 aromatic rings. The van der Waals surface area contributed by atoms with Crippen LogP contribution in [0.3, 0.4) is 0 Å². The molecule has 1 saturated heterocycles. The number of nitrogen functional groups attached to an aromatic ring is 1. The average Bonchev–Trinajstić information content (AvgIpc) is 2.90. The average molecular weight is 363 g/mol. The molecule has 130 valence electrons. The van der Waals surface area contributed by atoms with Crippen LogP contribution >= 0.6 is 23.1 Å². The molecule has 2 aromatic heterocycles. The van der Waals surface area contributed by atoms with E-state index in [0.29, 0.717) is 5.82 Å². The topological polar surface area (TPSA) is 55.0 Å². The van der Waals surface area contributed by atoms with Crippen molar-refractivity contribution in [2.45, 2.75) is 44.2 Å². The van der Waals surface area contributed by atoms with E-state index in [-0.39, 0.29) is 0 Å². The smallest absolute Gasteiger partial charge is 0.190 e. The number of aromatic nitrogens is 2. The second kappa shape index (κ2) is 6.81. The van der Waals surface area contributed by atoms with Crippen LogP contribution in [0.5, 0.6) is 0 Å². The van der Waals surface area contributed by atoms with Crippen molar-refractivity contribution in [1.82, 2.24) is 14.9 Å². The number of hydrogen-bond donors (Lipinski definition) is 1. The number of anilines is 1. The Bertz CT molecular complexity index is 742. The third kappa shape index (κ3) is 3.28. The molecule has 3 heterocycles. The number of thiophene rings is 1. The monoisotopic (exact) mass is 362 g/mol. The van der Waals surface area contributed by atoms with Gasteiger partial charge < -0.3 is 10.6 Å². The quantitative estimate of drug-likeness (QED) is 0.664. The maximum atomic E-state index is 6.32. The molecule has 0 bridgehead atoms. The second-order valence-corrected chi connectivity index (χ2v) is 9.58. The van der Waals surface area contributed by atoms with Gasteiger partial charge in [0.2, 0.25) is 0 Å². The molecular weight excluding hydrogens is 336 g/mol. The van der Waals surface area contributed by atoms with Gasteiger partial charge >= 0.3 is 0 Å². The maximum absolute atomic E-state index is 6.32. The Morgan fingerprint density at radius 3 is 3.04 bits per heavy atom. The van der Waals surface area contributed by atoms with Gasteiger partial charge in [-0.25, -0.2) is 9.97 Å². The molecule has 1 aliphatic carbocycles. The Labute approximate surface area is 152 Å². The van der Waals surface area contributed by atoms with Gasteiger partial charge in [0.1, 0.15) is 10.6 Å². The number of hydrogen-bond acceptors (Lipinski definition) is 6. The second-order valence-electron chi connectivity index (χ2n) is 7.50. The summed E-state index contributed by atoms with van der Waals surface area (Å²) in [6.07, 6.45) is 6.18. The summed E-state index contributed by atoms with van der Waals surface area (Å²) in [5.74, 6) is 3.30. The molecule has 4 rings (SSSR count). The fraction of sp³-hybridized carbons (Fsp3) is 0.667. The lowest BCUT2D eigenvalue weighted by molar-refractivity contribution is 0.224. The highest BCUT2D eigenvalue weighted by molar-refractivity contribution is 7.99. The van der Waals surface area contributed by atoms with Crippen LogP contribution in [0.25, 0.3) is 10.2 Å². The van der Waals surface area contributed by atoms with E-state index in [4.69, 9.17) is 10.7 Å². The third-order valence-corrected chi connectivity index (χ3v) is 7.56. The zero-order valence-corrected chi connectivity index (χ0v) is 16.2. The lowest BCUT2D eigenvalue weighted by atomic mass is 9.89. The number of nitrogens with zero attached hydrogens (tertiary/aromatic N) is 3. The van der Waals surface area contributed by atoms with Crippen LogP contribution in [-0.2, 0) is 12.8 Å². The molecule has 0 amide bonds. The van der Waals surface area contributed by atoms with Gasteiger partial charge in [0.05, 0.1) is 5.39 Å². The minimum atomic E-state index is 0.690. The van der Waals surface area contributed by atoms with Gasteiger partial charge in [-0.3, -0.25) is 0 Å². The first kappa shape index (κ1) is 16.6. The van der Waals surface area contributed by atoms with Gasteiger partial charge in [-0.05, 0) is 63.1 Å². The molecule has 0 aromatic carbocycles. The van der Waals surface area contributed by atoms with Crippen molar-refractivity contribution in [3.8, 4) is 0 Å². The number of fused-ring (bicyclic) bond motifs is 3. The molecule has 6 heteroatoms. The van der Waals surface area contributed by atoms with Crippen molar-refractivity contribution in [1.29, 1.82) is 0 Å². The molecule has 2 unspecified atom stereocenters. The number of nitrogens with two attached hydrogens (primary N) is 1. The Kier molecular flexibility index (Phi) is 4.71. The van der Waals surface area contributed by atoms with Gasteiger partial charge in [0, 0.05) is 17.2 Å². The van der Waals surface area contributed by atoms with Gasteiger partial charge in [-0.15, -0.1) is 11.3 Å². The molecule has 24 heavy (non-hydrogen) atoms. The van der Waals surface area contributed by atoms with Gasteiger partial charge in [-0.1, -0.05) is 18.7 Å². The van der Waals surface area contributed by atoms with E-state index >= 15 is 0 Å². The van der Waals surface area contributed by atoms with Crippen LogP contribution in [0.15, 0.2) is 5.16 Å². The number of rotatable bonds is 3. The first-order valence-electron chi connectivity index (χ1n) is 8.99. The Morgan fingerprint density at radius 1 is 1.33 bits per heavy atom. The molecule has 1 fully saturated rings. The van der Waals surface area contributed by atoms with Crippen molar-refractivity contribution in [3.05, 3.63) is 10.4 Å². The Hall–Kier alpha value is -0.850. The zero-order chi connectivity index (χ0) is 16.7. The molecule has 1 aliphatic heterocycles. The normalized spacial score (nSPS) is 25.1. The minimum absolute atomic E-state index is 0.690. The number of aryl methyl sites for hydroxylation is 1. The van der Waals surface area contributed by atoms with E-state index in [0.717, 1.165) is 39.4 Å². The number of thioether (sulfide) groups is 1. The standard InChI is InChI=1S/C18H26N4S2/c1-11-5-6-13-14(8-11)24-17-15(13)16(19)20-18(21-17)23-10-12-4-3-7-22(2)9-12/h11-12H,3-10H2,1-2H3,(H2,19,20,21). The third-order valence-electron chi connectivity index (χ3n) is 5.33. The van der Waals surface area contributed by atoms with Gasteiger partial charge in [0.25, 0.3) is 0 Å². The fourth-order valence-electron chi connectivity index (χ4n) is 4.02. The molecule has 4 nitrogen and oxygen atoms in total. The Balaban J connectivity index is 1.54. The molecule has 2 N–H and O–H groups in total. The molecule has 0 spiro atoms. The summed E-state index contributed by atoms with van der Waals surface area (Å²) < 4.78 is 0. The first-order chi connectivity index (χ1) is 11.6. The summed E-state index contributed by atoms with van der Waals surface area (Å²) >= 11 is 3.62. The summed E-state index contributed by atoms with van der Waals surface area (Å²) in [5.41, 5.74) is 7.75. The van der Waals surface area contributed by atoms with Crippen LogP contribution < -0.4 is 5.73 Å². The van der Waals surface area contributed by atoms with Crippen LogP contribution in [0.2, 0.25) is 0 Å². The van der Waals surface area contributed by atoms with Crippen molar-refractivity contribution in [3.63, 3.8) is 0 Å². The van der Waals surface area contributed by atoms with Crippen LogP contribution in [0.4, 0.5) is 5.82 Å². The molecule has 0 radical (unpaired) electrons. The van der Waals surface area contributed by atoms with E-state index in [1.54, 1.807) is 11.8 Å². The maximum Gasteiger partial charge on any atom is 0.190 e. The molecule has 0 saturated carbocycles. The lowest BCUT2D eigenvalue weighted by Gasteiger charge is -2.29. The zero-order valence-electron chi connectivity index (χ0n) is 14.5. The SMILES string of the molecule is CC1CCc2c(sc3nc(SCC4CCCN(C)C4)nc(N)c23)C1. The lowest BCUT2D eigenvalue weighted by Crippen LogP contribution is -2.33. The first-order valence-corrected chi connectivity index (χ1v) is 10.8. The predicted molar refractivity (Wildman–Crippen MR) is 104 cm³/mol. The Morgan fingerprint density at radius 2 is 2.21 bits per heavy atom. The summed E-state index contributed by atoms with van der Waals surface area (Å²) in [6.45, 7) is 4.76. The van der Waals surface area contributed by atoms with E-state index in [1.165, 1.54) is 49.2 Å². The van der Waals surface area contributed by atoms with Crippen LogP contribution in [-0.4, -0.2) is 40.8 Å². The van der Waals surface area contributed by atoms with E-state index in [2.05, 4.69) is 23.9 Å². The van der Waals surface area contributed by atoms with Crippen molar-refractivity contribution in [2.24, 2.45) is 11.8 Å². The molecule has 2 atom stereocenters. The number of piperidine rings is 1. The van der Waals surface area contributed by atoms with Crippen LogP contribution in [0.1, 0.15) is 36.6 Å². The van der Waals surface area contributed by atoms with Gasteiger partial charge in [0.15, 0.2) is 5.16 Å². The van der Waals surface area contributed by atoms with Gasteiger partial charge in [-0.2, -0.15) is 0 Å². The minimum Gasteiger partial charge on any atom is -0.383 e. The highest BCUT2D eigenvalue weighted by atomic mass is 32.2. The van der Waals surface area contributed by atoms with E-state index in [1.807, 2.05) is 11.3 Å². The summed E-state index contributed by atoms with van der Waals surface area (Å²) in [5, 5.41) is 2.00. The summed E-state index contributed by atoms with van der Waals surface area (Å²) in [6, 6.07) is 0. The van der Waals surface area contributed by atoms with Crippen molar-refractivity contribution in [2.75, 3.05) is 31.6 Å². The van der Waals surface area contributed by atoms with Crippen molar-refractivity contribution < 1.29 is 0 Å². The highest BCUT2D eigenvalue weighted by Crippen LogP contribution is 2.40. The summed E-state index contributed by atoms with van der Waals surface area (Å²) in [7, 11) is 2.22. The molecule has 2 aliphatic rings. The molecular formula is C18H26N4S2. The fourth-order valence-corrected chi connectivity index (χ4v) is 6.44. The predicted octanol–water partition coefficient (Wildman–Crippen LogP) is 3.83. The van der Waals surface area contributed by atoms with Crippen molar-refractivity contribution >= 4 is 39.1 Å². The van der Waals surface area contributed by atoms with Crippen LogP contribution in [0, 0.1) is 11.8 Å². The number of likely N-dealkylation sites (tertiary alicyclic amines) is 1. The largest absolute Gasteiger partial charge is 0.383 e. The van der Waals surface area contributed by atoms with E-state index < -0.39 is 0 Å².